The van der Waals surface area contributed by atoms with Crippen LogP contribution in [0.3, 0.4) is 0 Å². The van der Waals surface area contributed by atoms with E-state index in [1.807, 2.05) is 31.2 Å². The van der Waals surface area contributed by atoms with Crippen molar-refractivity contribution in [1.82, 2.24) is 9.47 Å². The van der Waals surface area contributed by atoms with E-state index >= 15 is 0 Å². The van der Waals surface area contributed by atoms with Crippen molar-refractivity contribution >= 4 is 46.1 Å². The van der Waals surface area contributed by atoms with E-state index in [1.54, 1.807) is 30.6 Å². The second kappa shape index (κ2) is 12.7. The van der Waals surface area contributed by atoms with Crippen molar-refractivity contribution in [2.75, 3.05) is 38.8 Å². The molecular formula is C29H34N4O4S2. The van der Waals surface area contributed by atoms with Gasteiger partial charge >= 0.3 is 0 Å². The lowest BCUT2D eigenvalue weighted by Crippen LogP contribution is -2.37. The van der Waals surface area contributed by atoms with Crippen molar-refractivity contribution in [3.8, 4) is 17.6 Å². The summed E-state index contributed by atoms with van der Waals surface area (Å²) in [5.41, 5.74) is 2.21. The second-order valence-electron chi connectivity index (χ2n) is 9.63. The van der Waals surface area contributed by atoms with Gasteiger partial charge in [-0.1, -0.05) is 37.0 Å². The number of anilines is 1. The van der Waals surface area contributed by atoms with Crippen molar-refractivity contribution in [2.45, 2.75) is 52.5 Å². The number of hydrogen-bond donors (Lipinski definition) is 0. The third-order valence-corrected chi connectivity index (χ3v) is 8.55. The number of pyridine rings is 1. The zero-order valence-corrected chi connectivity index (χ0v) is 24.5. The molecule has 2 aliphatic heterocycles. The standard InChI is InChI=1S/C29H34N4O4S2/c1-5-12-32-26(31-13-7-6-8-14-31)21(19(2)22(18-30)27(32)34)17-25-28(35)33(29(38)39-25)15-11-20-9-10-23(36-3)24(16-20)37-4/h9-10,16-17H,5-8,11-15H2,1-4H3/b25-17-. The number of carbonyl (C=O) groups is 1. The Labute approximate surface area is 239 Å². The second-order valence-corrected chi connectivity index (χ2v) is 11.3. The summed E-state index contributed by atoms with van der Waals surface area (Å²) in [5.74, 6) is 1.92. The molecule has 0 atom stereocenters. The molecule has 2 aliphatic rings. The number of rotatable bonds is 9. The molecule has 206 valence electrons. The minimum atomic E-state index is -0.267. The van der Waals surface area contributed by atoms with Gasteiger partial charge < -0.3 is 14.4 Å². The van der Waals surface area contributed by atoms with Crippen LogP contribution in [-0.2, 0) is 17.8 Å². The average Bonchev–Trinajstić information content (AvgIpc) is 3.22. The van der Waals surface area contributed by atoms with Gasteiger partial charge in [-0.05, 0) is 68.4 Å². The molecule has 39 heavy (non-hydrogen) atoms. The maximum atomic E-state index is 13.6. The summed E-state index contributed by atoms with van der Waals surface area (Å²) in [4.78, 5) is 31.2. The molecule has 2 saturated heterocycles. The fourth-order valence-electron chi connectivity index (χ4n) is 5.12. The lowest BCUT2D eigenvalue weighted by atomic mass is 10.0. The fraction of sp³-hybridized carbons (Fsp3) is 0.448. The number of benzene rings is 1. The van der Waals surface area contributed by atoms with E-state index in [0.717, 1.165) is 55.7 Å². The van der Waals surface area contributed by atoms with E-state index in [1.165, 1.54) is 11.8 Å². The van der Waals surface area contributed by atoms with Gasteiger partial charge in [-0.2, -0.15) is 5.26 Å². The predicted octanol–water partition coefficient (Wildman–Crippen LogP) is 4.89. The van der Waals surface area contributed by atoms with Gasteiger partial charge in [0.2, 0.25) is 0 Å². The topological polar surface area (TPSA) is 87.8 Å². The maximum Gasteiger partial charge on any atom is 0.270 e. The van der Waals surface area contributed by atoms with Crippen molar-refractivity contribution in [2.24, 2.45) is 0 Å². The number of carbonyl (C=O) groups excluding carboxylic acids is 1. The molecule has 1 aromatic carbocycles. The third-order valence-electron chi connectivity index (χ3n) is 7.17. The predicted molar refractivity (Wildman–Crippen MR) is 160 cm³/mol. The molecule has 2 aromatic rings. The van der Waals surface area contributed by atoms with Crippen molar-refractivity contribution < 1.29 is 14.3 Å². The van der Waals surface area contributed by atoms with Crippen LogP contribution >= 0.6 is 24.0 Å². The molecular weight excluding hydrogens is 532 g/mol. The number of hydrogen-bond acceptors (Lipinski definition) is 8. The third kappa shape index (κ3) is 5.85. The van der Waals surface area contributed by atoms with Crippen LogP contribution in [-0.4, -0.2) is 53.5 Å². The Morgan fingerprint density at radius 2 is 1.82 bits per heavy atom. The van der Waals surface area contributed by atoms with Gasteiger partial charge in [0, 0.05) is 31.7 Å². The SMILES string of the molecule is CCCn1c(N2CCCCC2)c(/C=C2\SC(=S)N(CCc3ccc(OC)c(OC)c3)C2=O)c(C)c(C#N)c1=O. The number of thioether (sulfide) groups is 1. The Kier molecular flexibility index (Phi) is 9.36. The zero-order chi connectivity index (χ0) is 28.1. The van der Waals surface area contributed by atoms with Crippen LogP contribution in [0.1, 0.15) is 54.9 Å². The molecule has 1 amide bonds. The zero-order valence-electron chi connectivity index (χ0n) is 22.9. The monoisotopic (exact) mass is 566 g/mol. The van der Waals surface area contributed by atoms with Gasteiger partial charge in [0.1, 0.15) is 21.8 Å². The molecule has 8 nitrogen and oxygen atoms in total. The Hall–Kier alpha value is -3.29. The molecule has 0 N–H and O–H groups in total. The normalized spacial score (nSPS) is 16.6. The summed E-state index contributed by atoms with van der Waals surface area (Å²) < 4.78 is 12.9. The van der Waals surface area contributed by atoms with E-state index in [0.29, 0.717) is 45.8 Å². The van der Waals surface area contributed by atoms with Gasteiger partial charge in [0.05, 0.1) is 19.1 Å². The molecule has 0 unspecified atom stereocenters. The van der Waals surface area contributed by atoms with Crippen LogP contribution in [0.4, 0.5) is 5.82 Å². The summed E-state index contributed by atoms with van der Waals surface area (Å²) in [5, 5.41) is 9.85. The van der Waals surface area contributed by atoms with Crippen LogP contribution < -0.4 is 19.9 Å². The van der Waals surface area contributed by atoms with Crippen LogP contribution in [0.25, 0.3) is 6.08 Å². The molecule has 0 spiro atoms. The Balaban J connectivity index is 1.69. The van der Waals surface area contributed by atoms with Crippen LogP contribution in [0.15, 0.2) is 27.9 Å². The van der Waals surface area contributed by atoms with E-state index in [4.69, 9.17) is 21.7 Å². The number of ether oxygens (including phenoxy) is 2. The summed E-state index contributed by atoms with van der Waals surface area (Å²) >= 11 is 6.87. The van der Waals surface area contributed by atoms with Crippen LogP contribution in [0, 0.1) is 18.3 Å². The molecule has 2 fully saturated rings. The first-order valence-corrected chi connectivity index (χ1v) is 14.5. The first-order chi connectivity index (χ1) is 18.8. The highest BCUT2D eigenvalue weighted by atomic mass is 32.2. The lowest BCUT2D eigenvalue weighted by Gasteiger charge is -2.33. The molecule has 10 heteroatoms. The van der Waals surface area contributed by atoms with Crippen molar-refractivity contribution in [3.05, 3.63) is 55.7 Å². The average molecular weight is 567 g/mol. The van der Waals surface area contributed by atoms with E-state index in [2.05, 4.69) is 11.0 Å². The number of aromatic nitrogens is 1. The van der Waals surface area contributed by atoms with Crippen molar-refractivity contribution in [1.29, 1.82) is 5.26 Å². The van der Waals surface area contributed by atoms with Crippen molar-refractivity contribution in [3.63, 3.8) is 0 Å². The Morgan fingerprint density at radius 3 is 2.46 bits per heavy atom. The van der Waals surface area contributed by atoms with Gasteiger partial charge in [-0.15, -0.1) is 0 Å². The highest BCUT2D eigenvalue weighted by Gasteiger charge is 2.33. The Bertz CT molecular complexity index is 1400. The lowest BCUT2D eigenvalue weighted by molar-refractivity contribution is -0.122. The molecule has 0 saturated carbocycles. The smallest absolute Gasteiger partial charge is 0.270 e. The number of methoxy groups -OCH3 is 2. The number of nitriles is 1. The molecule has 0 bridgehead atoms. The molecule has 3 heterocycles. The van der Waals surface area contributed by atoms with Crippen LogP contribution in [0.5, 0.6) is 11.5 Å². The summed E-state index contributed by atoms with van der Waals surface area (Å²) in [6.07, 6.45) is 6.41. The largest absolute Gasteiger partial charge is 0.493 e. The highest BCUT2D eigenvalue weighted by Crippen LogP contribution is 2.37. The summed E-state index contributed by atoms with van der Waals surface area (Å²) in [6.45, 7) is 6.42. The van der Waals surface area contributed by atoms with E-state index in [-0.39, 0.29) is 17.0 Å². The minimum Gasteiger partial charge on any atom is -0.493 e. The van der Waals surface area contributed by atoms with E-state index in [9.17, 15) is 14.9 Å². The Morgan fingerprint density at radius 1 is 1.10 bits per heavy atom. The quantitative estimate of drug-likeness (QED) is 0.313. The fourth-order valence-corrected chi connectivity index (χ4v) is 6.41. The highest BCUT2D eigenvalue weighted by molar-refractivity contribution is 8.26. The summed E-state index contributed by atoms with van der Waals surface area (Å²) in [6, 6.07) is 7.81. The van der Waals surface area contributed by atoms with Gasteiger partial charge in [0.25, 0.3) is 11.5 Å². The van der Waals surface area contributed by atoms with Crippen LogP contribution in [0.2, 0.25) is 0 Å². The maximum absolute atomic E-state index is 13.6. The molecule has 0 radical (unpaired) electrons. The number of thiocarbonyl (C=S) groups is 1. The van der Waals surface area contributed by atoms with E-state index < -0.39 is 0 Å². The van der Waals surface area contributed by atoms with Gasteiger partial charge in [-0.25, -0.2) is 0 Å². The molecule has 4 rings (SSSR count). The summed E-state index contributed by atoms with van der Waals surface area (Å²) in [7, 11) is 3.19. The van der Waals surface area contributed by atoms with Gasteiger partial charge in [0.15, 0.2) is 11.5 Å². The molecule has 1 aromatic heterocycles. The first-order valence-electron chi connectivity index (χ1n) is 13.2. The number of nitrogens with zero attached hydrogens (tertiary/aromatic N) is 4. The molecule has 0 aliphatic carbocycles. The first kappa shape index (κ1) is 28.7. The minimum absolute atomic E-state index is 0.124. The number of amides is 1. The number of piperidine rings is 1. The van der Waals surface area contributed by atoms with Gasteiger partial charge in [-0.3, -0.25) is 19.1 Å².